The van der Waals surface area contributed by atoms with Crippen molar-refractivity contribution < 1.29 is 0 Å². The molecule has 15 heavy (non-hydrogen) atoms. The van der Waals surface area contributed by atoms with Gasteiger partial charge in [-0.25, -0.2) is 0 Å². The smallest absolute Gasteiger partial charge is 0.0223 e. The van der Waals surface area contributed by atoms with Gasteiger partial charge in [0.2, 0.25) is 0 Å². The van der Waals surface area contributed by atoms with E-state index in [0.29, 0.717) is 0 Å². The molecule has 0 aromatic heterocycles. The summed E-state index contributed by atoms with van der Waals surface area (Å²) in [5, 5.41) is 0. The molecule has 0 spiro atoms. The Hall–Kier alpha value is 0.600. The summed E-state index contributed by atoms with van der Waals surface area (Å²) >= 11 is 7.59. The molecule has 0 rings (SSSR count). The van der Waals surface area contributed by atoms with Crippen LogP contribution in [0.1, 0.15) is 39.0 Å². The van der Waals surface area contributed by atoms with E-state index in [4.69, 9.17) is 11.6 Å². The molecule has 0 N–H and O–H groups in total. The number of alkyl halides is 1. The number of hydrogen-bond donors (Lipinski definition) is 0. The predicted octanol–water partition coefficient (Wildman–Crippen LogP) is 3.86. The zero-order valence-electron chi connectivity index (χ0n) is 10.5. The molecule has 0 heterocycles. The monoisotopic (exact) mass is 251 g/mol. The fraction of sp³-hybridized carbons (Fsp3) is 1.00. The number of thioether (sulfide) groups is 1. The number of hydrogen-bond acceptors (Lipinski definition) is 2. The zero-order chi connectivity index (χ0) is 11.5. The summed E-state index contributed by atoms with van der Waals surface area (Å²) in [4.78, 5) is 2.51. The summed E-state index contributed by atoms with van der Waals surface area (Å²) in [5.74, 6) is 2.08. The highest BCUT2D eigenvalue weighted by molar-refractivity contribution is 7.98. The molecule has 0 aromatic rings. The molecule has 0 amide bonds. The number of halogens is 1. The van der Waals surface area contributed by atoms with Crippen molar-refractivity contribution in [2.45, 2.75) is 45.1 Å². The minimum absolute atomic E-state index is 0.757. The SMILES string of the molecule is CCC(CSC)N(C)CCCCCCCl. The van der Waals surface area contributed by atoms with Crippen LogP contribution in [0.15, 0.2) is 0 Å². The summed E-state index contributed by atoms with van der Waals surface area (Å²) in [6.45, 7) is 3.52. The van der Waals surface area contributed by atoms with Crippen LogP contribution in [0.4, 0.5) is 0 Å². The van der Waals surface area contributed by atoms with Crippen LogP contribution in [-0.2, 0) is 0 Å². The van der Waals surface area contributed by atoms with Gasteiger partial charge in [-0.3, -0.25) is 0 Å². The van der Waals surface area contributed by atoms with E-state index in [1.807, 2.05) is 11.8 Å². The summed E-state index contributed by atoms with van der Waals surface area (Å²) in [6.07, 6.45) is 8.56. The summed E-state index contributed by atoms with van der Waals surface area (Å²) in [6, 6.07) is 0.757. The lowest BCUT2D eigenvalue weighted by Crippen LogP contribution is -2.33. The first-order valence-corrected chi connectivity index (χ1v) is 7.94. The normalized spacial score (nSPS) is 13.4. The standard InChI is InChI=1S/C12H26ClNS/c1-4-12(11-15-3)14(2)10-8-6-5-7-9-13/h12H,4-11H2,1-3H3. The first-order chi connectivity index (χ1) is 7.26. The Kier molecular flexibility index (Phi) is 11.5. The molecule has 0 aromatic carbocycles. The van der Waals surface area contributed by atoms with Crippen molar-refractivity contribution in [2.75, 3.05) is 31.5 Å². The van der Waals surface area contributed by atoms with Gasteiger partial charge in [0.15, 0.2) is 0 Å². The summed E-state index contributed by atoms with van der Waals surface area (Å²) < 4.78 is 0. The second kappa shape index (κ2) is 11.1. The number of unbranched alkanes of at least 4 members (excludes halogenated alkanes) is 3. The Morgan fingerprint density at radius 3 is 2.40 bits per heavy atom. The lowest BCUT2D eigenvalue weighted by molar-refractivity contribution is 0.250. The molecule has 0 saturated carbocycles. The molecule has 0 aliphatic heterocycles. The third kappa shape index (κ3) is 8.41. The van der Waals surface area contributed by atoms with Gasteiger partial charge >= 0.3 is 0 Å². The Morgan fingerprint density at radius 1 is 1.20 bits per heavy atom. The largest absolute Gasteiger partial charge is 0.303 e. The highest BCUT2D eigenvalue weighted by Gasteiger charge is 2.10. The van der Waals surface area contributed by atoms with Crippen molar-refractivity contribution in [2.24, 2.45) is 0 Å². The zero-order valence-corrected chi connectivity index (χ0v) is 12.0. The summed E-state index contributed by atoms with van der Waals surface area (Å²) in [5.41, 5.74) is 0. The van der Waals surface area contributed by atoms with E-state index in [-0.39, 0.29) is 0 Å². The molecule has 0 bridgehead atoms. The van der Waals surface area contributed by atoms with Crippen LogP contribution in [0.3, 0.4) is 0 Å². The van der Waals surface area contributed by atoms with E-state index in [1.165, 1.54) is 44.4 Å². The fourth-order valence-electron chi connectivity index (χ4n) is 1.74. The van der Waals surface area contributed by atoms with Crippen molar-refractivity contribution in [3.05, 3.63) is 0 Å². The summed E-state index contributed by atoms with van der Waals surface area (Å²) in [7, 11) is 2.26. The minimum atomic E-state index is 0.757. The molecule has 0 fully saturated rings. The van der Waals surface area contributed by atoms with Crippen LogP contribution >= 0.6 is 23.4 Å². The lowest BCUT2D eigenvalue weighted by atomic mass is 10.1. The maximum Gasteiger partial charge on any atom is 0.0223 e. The van der Waals surface area contributed by atoms with E-state index in [2.05, 4.69) is 25.1 Å². The molecule has 0 aliphatic rings. The quantitative estimate of drug-likeness (QED) is 0.429. The van der Waals surface area contributed by atoms with Gasteiger partial charge in [0.25, 0.3) is 0 Å². The minimum Gasteiger partial charge on any atom is -0.303 e. The van der Waals surface area contributed by atoms with Crippen molar-refractivity contribution >= 4 is 23.4 Å². The Balaban J connectivity index is 3.48. The highest BCUT2D eigenvalue weighted by Crippen LogP contribution is 2.10. The lowest BCUT2D eigenvalue weighted by Gasteiger charge is -2.26. The molecule has 0 radical (unpaired) electrons. The van der Waals surface area contributed by atoms with Gasteiger partial charge in [0.05, 0.1) is 0 Å². The number of nitrogens with zero attached hydrogens (tertiary/aromatic N) is 1. The Bertz CT molecular complexity index is 133. The van der Waals surface area contributed by atoms with Gasteiger partial charge in [-0.05, 0) is 39.1 Å². The van der Waals surface area contributed by atoms with E-state index in [0.717, 1.165) is 11.9 Å². The van der Waals surface area contributed by atoms with Crippen LogP contribution in [0, 0.1) is 0 Å². The van der Waals surface area contributed by atoms with Crippen molar-refractivity contribution in [3.8, 4) is 0 Å². The molecular weight excluding hydrogens is 226 g/mol. The molecular formula is C12H26ClNS. The Morgan fingerprint density at radius 2 is 1.87 bits per heavy atom. The third-order valence-electron chi connectivity index (χ3n) is 2.85. The molecule has 0 saturated heterocycles. The van der Waals surface area contributed by atoms with E-state index < -0.39 is 0 Å². The first-order valence-electron chi connectivity index (χ1n) is 6.01. The molecule has 1 atom stereocenters. The van der Waals surface area contributed by atoms with E-state index in [9.17, 15) is 0 Å². The van der Waals surface area contributed by atoms with E-state index >= 15 is 0 Å². The predicted molar refractivity (Wildman–Crippen MR) is 74.3 cm³/mol. The maximum atomic E-state index is 5.64. The molecule has 3 heteroatoms. The molecule has 1 unspecified atom stereocenters. The molecule has 0 aliphatic carbocycles. The van der Waals surface area contributed by atoms with Crippen molar-refractivity contribution in [1.29, 1.82) is 0 Å². The van der Waals surface area contributed by atoms with E-state index in [1.54, 1.807) is 0 Å². The fourth-order valence-corrected chi connectivity index (χ4v) is 2.80. The average molecular weight is 252 g/mol. The van der Waals surface area contributed by atoms with Crippen LogP contribution in [0.25, 0.3) is 0 Å². The second-order valence-corrected chi connectivity index (χ2v) is 5.39. The van der Waals surface area contributed by atoms with Crippen LogP contribution in [0.2, 0.25) is 0 Å². The van der Waals surface area contributed by atoms with Gasteiger partial charge in [-0.2, -0.15) is 11.8 Å². The topological polar surface area (TPSA) is 3.24 Å². The highest BCUT2D eigenvalue weighted by atomic mass is 35.5. The average Bonchev–Trinajstić information content (AvgIpc) is 2.25. The third-order valence-corrected chi connectivity index (χ3v) is 3.83. The maximum absolute atomic E-state index is 5.64. The van der Waals surface area contributed by atoms with Crippen molar-refractivity contribution in [3.63, 3.8) is 0 Å². The van der Waals surface area contributed by atoms with Gasteiger partial charge < -0.3 is 4.90 Å². The van der Waals surface area contributed by atoms with Crippen molar-refractivity contribution in [1.82, 2.24) is 4.90 Å². The van der Waals surface area contributed by atoms with Crippen LogP contribution in [-0.4, -0.2) is 42.4 Å². The molecule has 1 nitrogen and oxygen atoms in total. The number of rotatable bonds is 10. The van der Waals surface area contributed by atoms with Gasteiger partial charge in [-0.1, -0.05) is 19.8 Å². The molecule has 92 valence electrons. The van der Waals surface area contributed by atoms with Gasteiger partial charge in [-0.15, -0.1) is 11.6 Å². The Labute approximate surface area is 105 Å². The first kappa shape index (κ1) is 15.6. The van der Waals surface area contributed by atoms with Crippen LogP contribution < -0.4 is 0 Å². The van der Waals surface area contributed by atoms with Gasteiger partial charge in [0.1, 0.15) is 0 Å². The van der Waals surface area contributed by atoms with Gasteiger partial charge in [0, 0.05) is 17.7 Å². The van der Waals surface area contributed by atoms with Crippen LogP contribution in [0.5, 0.6) is 0 Å². The second-order valence-electron chi connectivity index (χ2n) is 4.10.